The topological polar surface area (TPSA) is 94.9 Å². The molecule has 6 heteroatoms. The molecule has 19 heavy (non-hydrogen) atoms. The smallest absolute Gasteiger partial charge is 0.309 e. The van der Waals surface area contributed by atoms with Gasteiger partial charge in [-0.2, -0.15) is 0 Å². The third-order valence-electron chi connectivity index (χ3n) is 4.26. The third-order valence-corrected chi connectivity index (χ3v) is 4.26. The number of hydrogen-bond donors (Lipinski definition) is 2. The van der Waals surface area contributed by atoms with E-state index in [1.165, 1.54) is 0 Å². The zero-order chi connectivity index (χ0) is 14.0. The van der Waals surface area contributed by atoms with E-state index in [-0.39, 0.29) is 24.8 Å². The molecular formula is C13H19NO5. The molecule has 106 valence electrons. The van der Waals surface area contributed by atoms with Crippen LogP contribution in [-0.2, 0) is 14.4 Å². The lowest BCUT2D eigenvalue weighted by atomic mass is 9.85. The maximum absolute atomic E-state index is 12.2. The number of aliphatic carboxylic acids is 2. The van der Waals surface area contributed by atoms with Gasteiger partial charge in [0.05, 0.1) is 11.8 Å². The summed E-state index contributed by atoms with van der Waals surface area (Å²) in [5.74, 6) is -4.07. The van der Waals surface area contributed by atoms with Crippen molar-refractivity contribution in [1.29, 1.82) is 0 Å². The van der Waals surface area contributed by atoms with Gasteiger partial charge in [-0.15, -0.1) is 0 Å². The van der Waals surface area contributed by atoms with Crippen LogP contribution in [0, 0.1) is 17.8 Å². The SMILES string of the molecule is O=C(O)C1CCN(C(=O)C2CCCC2)CC1C(=O)O. The Kier molecular flexibility index (Phi) is 4.07. The molecule has 2 unspecified atom stereocenters. The van der Waals surface area contributed by atoms with Crippen LogP contribution in [0.4, 0.5) is 0 Å². The second-order valence-electron chi connectivity index (χ2n) is 5.44. The van der Waals surface area contributed by atoms with Gasteiger partial charge in [0, 0.05) is 19.0 Å². The van der Waals surface area contributed by atoms with Crippen molar-refractivity contribution in [3.8, 4) is 0 Å². The molecule has 2 rings (SSSR count). The van der Waals surface area contributed by atoms with Crippen molar-refractivity contribution in [3.63, 3.8) is 0 Å². The van der Waals surface area contributed by atoms with Gasteiger partial charge >= 0.3 is 11.9 Å². The van der Waals surface area contributed by atoms with Gasteiger partial charge in [0.1, 0.15) is 0 Å². The molecule has 0 bridgehead atoms. The van der Waals surface area contributed by atoms with Crippen molar-refractivity contribution >= 4 is 17.8 Å². The largest absolute Gasteiger partial charge is 0.481 e. The molecule has 6 nitrogen and oxygen atoms in total. The van der Waals surface area contributed by atoms with Crippen LogP contribution in [0.15, 0.2) is 0 Å². The van der Waals surface area contributed by atoms with Crippen molar-refractivity contribution in [3.05, 3.63) is 0 Å². The van der Waals surface area contributed by atoms with E-state index in [4.69, 9.17) is 10.2 Å². The molecule has 1 saturated heterocycles. The van der Waals surface area contributed by atoms with Crippen LogP contribution in [0.5, 0.6) is 0 Å². The monoisotopic (exact) mass is 269 g/mol. The van der Waals surface area contributed by atoms with Crippen molar-refractivity contribution in [2.24, 2.45) is 17.8 Å². The van der Waals surface area contributed by atoms with Gasteiger partial charge in [-0.1, -0.05) is 12.8 Å². The Balaban J connectivity index is 2.03. The minimum atomic E-state index is -1.13. The fourth-order valence-electron chi connectivity index (χ4n) is 3.13. The van der Waals surface area contributed by atoms with Crippen molar-refractivity contribution in [2.45, 2.75) is 32.1 Å². The minimum absolute atomic E-state index is 0.00703. The summed E-state index contributed by atoms with van der Waals surface area (Å²) in [5, 5.41) is 18.1. The quantitative estimate of drug-likeness (QED) is 0.790. The minimum Gasteiger partial charge on any atom is -0.481 e. The molecular weight excluding hydrogens is 250 g/mol. The van der Waals surface area contributed by atoms with E-state index < -0.39 is 23.8 Å². The Bertz CT molecular complexity index is 388. The highest BCUT2D eigenvalue weighted by Gasteiger charge is 2.41. The fourth-order valence-corrected chi connectivity index (χ4v) is 3.13. The summed E-state index contributed by atoms with van der Waals surface area (Å²) < 4.78 is 0. The van der Waals surface area contributed by atoms with Crippen LogP contribution >= 0.6 is 0 Å². The van der Waals surface area contributed by atoms with Crippen LogP contribution in [0.25, 0.3) is 0 Å². The normalized spacial score (nSPS) is 28.3. The standard InChI is InChI=1S/C13H19NO5/c15-11(8-3-1-2-4-8)14-6-5-9(12(16)17)10(7-14)13(18)19/h8-10H,1-7H2,(H,16,17)(H,18,19). The van der Waals surface area contributed by atoms with E-state index in [2.05, 4.69) is 0 Å². The lowest BCUT2D eigenvalue weighted by Crippen LogP contribution is -2.49. The first kappa shape index (κ1) is 13.8. The van der Waals surface area contributed by atoms with Crippen LogP contribution in [0.2, 0.25) is 0 Å². The maximum Gasteiger partial charge on any atom is 0.309 e. The highest BCUT2D eigenvalue weighted by Crippen LogP contribution is 2.30. The van der Waals surface area contributed by atoms with E-state index >= 15 is 0 Å². The number of hydrogen-bond acceptors (Lipinski definition) is 3. The number of amides is 1. The number of carboxylic acid groups (broad SMARTS) is 2. The Morgan fingerprint density at radius 3 is 2.00 bits per heavy atom. The molecule has 2 aliphatic rings. The average Bonchev–Trinajstić information content (AvgIpc) is 2.90. The van der Waals surface area contributed by atoms with Gasteiger partial charge in [-0.25, -0.2) is 0 Å². The predicted molar refractivity (Wildman–Crippen MR) is 65.4 cm³/mol. The van der Waals surface area contributed by atoms with E-state index in [0.717, 1.165) is 25.7 Å². The molecule has 2 fully saturated rings. The number of piperidine rings is 1. The fraction of sp³-hybridized carbons (Fsp3) is 0.769. The van der Waals surface area contributed by atoms with Crippen LogP contribution < -0.4 is 0 Å². The van der Waals surface area contributed by atoms with Crippen molar-refractivity contribution in [1.82, 2.24) is 4.90 Å². The molecule has 0 spiro atoms. The van der Waals surface area contributed by atoms with Gasteiger partial charge in [-0.05, 0) is 19.3 Å². The molecule has 1 aliphatic heterocycles. The number of carbonyl (C=O) groups is 3. The second kappa shape index (κ2) is 5.59. The predicted octanol–water partition coefficient (Wildman–Crippen LogP) is 0.810. The number of carboxylic acids is 2. The molecule has 0 radical (unpaired) electrons. The lowest BCUT2D eigenvalue weighted by Gasteiger charge is -2.35. The third kappa shape index (κ3) is 2.88. The van der Waals surface area contributed by atoms with Crippen LogP contribution in [-0.4, -0.2) is 46.0 Å². The molecule has 2 atom stereocenters. The molecule has 0 aromatic heterocycles. The first-order chi connectivity index (χ1) is 9.00. The van der Waals surface area contributed by atoms with Crippen molar-refractivity contribution in [2.75, 3.05) is 13.1 Å². The molecule has 1 heterocycles. The summed E-state index contributed by atoms with van der Waals surface area (Å²) >= 11 is 0. The lowest BCUT2D eigenvalue weighted by molar-refractivity contribution is -0.159. The highest BCUT2D eigenvalue weighted by molar-refractivity contribution is 5.83. The zero-order valence-corrected chi connectivity index (χ0v) is 10.7. The van der Waals surface area contributed by atoms with E-state index in [1.54, 1.807) is 4.90 Å². The van der Waals surface area contributed by atoms with Gasteiger partial charge in [0.2, 0.25) is 5.91 Å². The van der Waals surface area contributed by atoms with Crippen LogP contribution in [0.1, 0.15) is 32.1 Å². The summed E-state index contributed by atoms with van der Waals surface area (Å²) in [6, 6.07) is 0. The first-order valence-electron chi connectivity index (χ1n) is 6.75. The number of rotatable bonds is 3. The second-order valence-corrected chi connectivity index (χ2v) is 5.44. The Morgan fingerprint density at radius 1 is 0.895 bits per heavy atom. The summed E-state index contributed by atoms with van der Waals surface area (Å²) in [7, 11) is 0. The number of likely N-dealkylation sites (tertiary alicyclic amines) is 1. The highest BCUT2D eigenvalue weighted by atomic mass is 16.4. The van der Waals surface area contributed by atoms with Gasteiger partial charge in [-0.3, -0.25) is 14.4 Å². The summed E-state index contributed by atoms with van der Waals surface area (Å²) in [6.07, 6.45) is 4.06. The zero-order valence-electron chi connectivity index (χ0n) is 10.7. The number of carbonyl (C=O) groups excluding carboxylic acids is 1. The summed E-state index contributed by atoms with van der Waals surface area (Å²) in [4.78, 5) is 36.0. The molecule has 1 amide bonds. The average molecular weight is 269 g/mol. The Hall–Kier alpha value is -1.59. The number of nitrogens with zero attached hydrogens (tertiary/aromatic N) is 1. The molecule has 1 aliphatic carbocycles. The first-order valence-corrected chi connectivity index (χ1v) is 6.75. The van der Waals surface area contributed by atoms with Gasteiger partial charge in [0.15, 0.2) is 0 Å². The van der Waals surface area contributed by atoms with E-state index in [0.29, 0.717) is 6.54 Å². The summed E-state index contributed by atoms with van der Waals surface area (Å²) in [6.45, 7) is 0.387. The van der Waals surface area contributed by atoms with Crippen LogP contribution in [0.3, 0.4) is 0 Å². The Morgan fingerprint density at radius 2 is 1.47 bits per heavy atom. The van der Waals surface area contributed by atoms with Crippen molar-refractivity contribution < 1.29 is 24.6 Å². The van der Waals surface area contributed by atoms with E-state index in [9.17, 15) is 14.4 Å². The molecule has 0 aromatic carbocycles. The molecule has 0 aromatic rings. The van der Waals surface area contributed by atoms with Gasteiger partial charge < -0.3 is 15.1 Å². The molecule has 1 saturated carbocycles. The maximum atomic E-state index is 12.2. The Labute approximate surface area is 111 Å². The summed E-state index contributed by atoms with van der Waals surface area (Å²) in [5.41, 5.74) is 0. The molecule has 2 N–H and O–H groups in total. The van der Waals surface area contributed by atoms with E-state index in [1.807, 2.05) is 0 Å². The van der Waals surface area contributed by atoms with Gasteiger partial charge in [0.25, 0.3) is 0 Å².